The van der Waals surface area contributed by atoms with Gasteiger partial charge in [-0.25, -0.2) is 5.32 Å². The van der Waals surface area contributed by atoms with E-state index in [2.05, 4.69) is 10.6 Å². The summed E-state index contributed by atoms with van der Waals surface area (Å²) in [6.07, 6.45) is 3.21. The molecule has 18 heavy (non-hydrogen) atoms. The first-order chi connectivity index (χ1) is 8.54. The van der Waals surface area contributed by atoms with E-state index in [0.717, 1.165) is 17.2 Å². The van der Waals surface area contributed by atoms with E-state index in [0.29, 0.717) is 0 Å². The number of nitrogens with zero attached hydrogens (tertiary/aromatic N) is 1. The van der Waals surface area contributed by atoms with Crippen LogP contribution in [0.3, 0.4) is 0 Å². The lowest BCUT2D eigenvalue weighted by molar-refractivity contribution is -0.464. The Morgan fingerprint density at radius 1 is 1.17 bits per heavy atom. The molecule has 0 spiro atoms. The van der Waals surface area contributed by atoms with E-state index in [1.165, 1.54) is 6.08 Å². The van der Waals surface area contributed by atoms with Crippen molar-refractivity contribution in [2.24, 2.45) is 0 Å². The molecule has 4 heteroatoms. The summed E-state index contributed by atoms with van der Waals surface area (Å²) in [6.45, 7) is 3.79. The van der Waals surface area contributed by atoms with Crippen LogP contribution >= 0.6 is 0 Å². The van der Waals surface area contributed by atoms with Crippen LogP contribution in [0.5, 0.6) is 0 Å². The summed E-state index contributed by atoms with van der Waals surface area (Å²) < 4.78 is 1.98. The number of hydrogen-bond donors (Lipinski definition) is 2. The fourth-order valence-electron chi connectivity index (χ4n) is 1.33. The minimum atomic E-state index is -0.130. The topological polar surface area (TPSA) is 44.1 Å². The van der Waals surface area contributed by atoms with Crippen LogP contribution < -0.4 is 10.6 Å². The number of anilines is 2. The Balaban J connectivity index is 2.93. The first kappa shape index (κ1) is 14.0. The lowest BCUT2D eigenvalue weighted by Crippen LogP contribution is -2.20. The van der Waals surface area contributed by atoms with Crippen molar-refractivity contribution in [2.45, 2.75) is 13.8 Å². The predicted molar refractivity (Wildman–Crippen MR) is 76.3 cm³/mol. The average Bonchev–Trinajstić information content (AvgIpc) is 2.31. The second-order valence-electron chi connectivity index (χ2n) is 4.14. The molecule has 2 N–H and O–H groups in total. The summed E-state index contributed by atoms with van der Waals surface area (Å²) in [5.41, 5.74) is 1.64. The van der Waals surface area contributed by atoms with Crippen LogP contribution in [0, 0.1) is 0 Å². The van der Waals surface area contributed by atoms with E-state index in [4.69, 9.17) is 0 Å². The van der Waals surface area contributed by atoms with Crippen molar-refractivity contribution >= 4 is 23.1 Å². The summed E-state index contributed by atoms with van der Waals surface area (Å²) in [5.74, 6) is 0.872. The molecule has 1 aromatic carbocycles. The largest absolute Gasteiger partial charge is 0.319 e. The van der Waals surface area contributed by atoms with Crippen LogP contribution in [0.1, 0.15) is 13.8 Å². The molecule has 0 heterocycles. The van der Waals surface area contributed by atoms with Gasteiger partial charge in [-0.3, -0.25) is 9.37 Å². The Bertz CT molecular complexity index is 486. The van der Waals surface area contributed by atoms with Crippen molar-refractivity contribution in [3.8, 4) is 0 Å². The summed E-state index contributed by atoms with van der Waals surface area (Å²) in [4.78, 5) is 11.5. The van der Waals surface area contributed by atoms with Crippen molar-refractivity contribution in [2.75, 3.05) is 24.7 Å². The molecule has 1 amide bonds. The number of rotatable bonds is 3. The van der Waals surface area contributed by atoms with Crippen molar-refractivity contribution in [1.29, 1.82) is 0 Å². The quantitative estimate of drug-likeness (QED) is 0.372. The van der Waals surface area contributed by atoms with Gasteiger partial charge in [0.25, 0.3) is 0 Å². The number of carbonyl (C=O) groups excluding carboxylic acids is 1. The molecule has 0 bridgehead atoms. The van der Waals surface area contributed by atoms with Gasteiger partial charge in [0.1, 0.15) is 5.69 Å². The molecule has 0 fully saturated rings. The molecule has 0 unspecified atom stereocenters. The van der Waals surface area contributed by atoms with E-state index >= 15 is 0 Å². The molecule has 0 aromatic heterocycles. The van der Waals surface area contributed by atoms with Crippen molar-refractivity contribution < 1.29 is 9.37 Å². The highest BCUT2D eigenvalue weighted by Gasteiger charge is 2.09. The van der Waals surface area contributed by atoms with Crippen molar-refractivity contribution in [3.63, 3.8) is 0 Å². The van der Waals surface area contributed by atoms with Crippen LogP contribution in [0.4, 0.5) is 11.4 Å². The molecule has 0 saturated heterocycles. The molecule has 0 aliphatic heterocycles. The van der Waals surface area contributed by atoms with Crippen LogP contribution in [-0.4, -0.2) is 30.4 Å². The number of carbonyl (C=O) groups is 1. The van der Waals surface area contributed by atoms with Gasteiger partial charge in [-0.15, -0.1) is 0 Å². The van der Waals surface area contributed by atoms with E-state index in [9.17, 15) is 4.79 Å². The van der Waals surface area contributed by atoms with E-state index in [-0.39, 0.29) is 5.91 Å². The van der Waals surface area contributed by atoms with E-state index < -0.39 is 0 Å². The SMILES string of the molecule is C/C=C/C(=O)Nc1ccccc1NC(C)=[N+](C)C. The number of para-hydroxylation sites is 2. The van der Waals surface area contributed by atoms with E-state index in [1.807, 2.05) is 56.8 Å². The van der Waals surface area contributed by atoms with Gasteiger partial charge in [0.05, 0.1) is 19.8 Å². The summed E-state index contributed by atoms with van der Waals surface area (Å²) in [6, 6.07) is 7.61. The van der Waals surface area contributed by atoms with Gasteiger partial charge in [-0.05, 0) is 25.1 Å². The minimum Gasteiger partial charge on any atom is -0.319 e. The van der Waals surface area contributed by atoms with Crippen molar-refractivity contribution in [3.05, 3.63) is 36.4 Å². The molecule has 96 valence electrons. The van der Waals surface area contributed by atoms with Gasteiger partial charge in [-0.1, -0.05) is 18.2 Å². The highest BCUT2D eigenvalue weighted by molar-refractivity contribution is 6.03. The van der Waals surface area contributed by atoms with Crippen LogP contribution in [0.2, 0.25) is 0 Å². The third-order valence-corrected chi connectivity index (χ3v) is 2.49. The number of allylic oxidation sites excluding steroid dienone is 1. The first-order valence-corrected chi connectivity index (χ1v) is 5.85. The Labute approximate surface area is 108 Å². The molecule has 0 atom stereocenters. The molecule has 1 aromatic rings. The number of benzene rings is 1. The lowest BCUT2D eigenvalue weighted by Gasteiger charge is -2.08. The smallest absolute Gasteiger partial charge is 0.248 e. The molecular weight excluding hydrogens is 226 g/mol. The third-order valence-electron chi connectivity index (χ3n) is 2.49. The molecule has 0 aliphatic rings. The van der Waals surface area contributed by atoms with Crippen molar-refractivity contribution in [1.82, 2.24) is 0 Å². The predicted octanol–water partition coefficient (Wildman–Crippen LogP) is 2.30. The Morgan fingerprint density at radius 2 is 1.72 bits per heavy atom. The summed E-state index contributed by atoms with van der Waals surface area (Å²) >= 11 is 0. The molecule has 0 radical (unpaired) electrons. The lowest BCUT2D eigenvalue weighted by atomic mass is 10.2. The fourth-order valence-corrected chi connectivity index (χ4v) is 1.33. The Morgan fingerprint density at radius 3 is 2.22 bits per heavy atom. The zero-order valence-corrected chi connectivity index (χ0v) is 11.3. The fraction of sp³-hybridized carbons (Fsp3) is 0.286. The van der Waals surface area contributed by atoms with Gasteiger partial charge < -0.3 is 5.32 Å². The van der Waals surface area contributed by atoms with Gasteiger partial charge in [0, 0.05) is 6.92 Å². The van der Waals surface area contributed by atoms with Gasteiger partial charge >= 0.3 is 0 Å². The number of amides is 1. The third kappa shape index (κ3) is 4.05. The molecule has 4 nitrogen and oxygen atoms in total. The second-order valence-corrected chi connectivity index (χ2v) is 4.14. The average molecular weight is 246 g/mol. The number of nitrogens with one attached hydrogen (secondary N) is 2. The maximum absolute atomic E-state index is 11.5. The van der Waals surface area contributed by atoms with Gasteiger partial charge in [-0.2, -0.15) is 0 Å². The molecule has 0 saturated carbocycles. The second kappa shape index (κ2) is 6.59. The molecule has 1 rings (SSSR count). The Kier molecular flexibility index (Phi) is 5.11. The molecule has 0 aliphatic carbocycles. The normalized spacial score (nSPS) is 10.2. The van der Waals surface area contributed by atoms with Crippen LogP contribution in [0.15, 0.2) is 36.4 Å². The highest BCUT2D eigenvalue weighted by atomic mass is 16.1. The van der Waals surface area contributed by atoms with Crippen LogP contribution in [0.25, 0.3) is 0 Å². The zero-order valence-electron chi connectivity index (χ0n) is 11.3. The number of hydrogen-bond acceptors (Lipinski definition) is 1. The summed E-state index contributed by atoms with van der Waals surface area (Å²) in [7, 11) is 3.92. The zero-order chi connectivity index (χ0) is 13.5. The van der Waals surface area contributed by atoms with Crippen LogP contribution in [-0.2, 0) is 4.79 Å². The standard InChI is InChI=1S/C14H19N3O/c1-5-8-14(18)16-13-10-7-6-9-12(13)15-11(2)17(3)4/h5-10H,1-4H3,(H,16,18)/p+1/b8-5+. The maximum atomic E-state index is 11.5. The maximum Gasteiger partial charge on any atom is 0.248 e. The van der Waals surface area contributed by atoms with E-state index in [1.54, 1.807) is 6.08 Å². The minimum absolute atomic E-state index is 0.130. The monoisotopic (exact) mass is 246 g/mol. The Hall–Kier alpha value is -2.10. The van der Waals surface area contributed by atoms with Gasteiger partial charge in [0.2, 0.25) is 11.7 Å². The molecular formula is C14H20N3O+. The highest BCUT2D eigenvalue weighted by Crippen LogP contribution is 2.20. The number of amidine groups is 1. The summed E-state index contributed by atoms with van der Waals surface area (Å²) in [5, 5.41) is 6.10. The first-order valence-electron chi connectivity index (χ1n) is 5.85. The van der Waals surface area contributed by atoms with Gasteiger partial charge in [0.15, 0.2) is 0 Å².